The molecule has 34 heavy (non-hydrogen) atoms. The maximum absolute atomic E-state index is 13.3. The second-order valence-electron chi connectivity index (χ2n) is 9.52. The first-order valence-corrected chi connectivity index (χ1v) is 13.6. The van der Waals surface area contributed by atoms with Crippen LogP contribution in [-0.4, -0.2) is 19.1 Å². The molecule has 2 heterocycles. The zero-order chi connectivity index (χ0) is 24.2. The van der Waals surface area contributed by atoms with Crippen molar-refractivity contribution in [1.82, 2.24) is 19.1 Å². The van der Waals surface area contributed by atoms with Crippen molar-refractivity contribution < 1.29 is 0 Å². The van der Waals surface area contributed by atoms with E-state index >= 15 is 0 Å². The van der Waals surface area contributed by atoms with Crippen molar-refractivity contribution in [1.29, 1.82) is 0 Å². The lowest BCUT2D eigenvalue weighted by Crippen LogP contribution is -2.38. The molecule has 0 unspecified atom stereocenters. The summed E-state index contributed by atoms with van der Waals surface area (Å²) in [6.45, 7) is 5.58. The Kier molecular flexibility index (Phi) is 10.8. The number of para-hydroxylation sites is 2. The summed E-state index contributed by atoms with van der Waals surface area (Å²) >= 11 is 0. The SMILES string of the molecule is CCCCCCCCCCCCn1c(=O)nc2n(CCCCCC)c3ccccc3nc-2c1=O. The van der Waals surface area contributed by atoms with Gasteiger partial charge in [-0.15, -0.1) is 0 Å². The minimum Gasteiger partial charge on any atom is -0.322 e. The predicted octanol–water partition coefficient (Wildman–Crippen LogP) is 6.56. The van der Waals surface area contributed by atoms with Crippen molar-refractivity contribution in [2.75, 3.05) is 0 Å². The van der Waals surface area contributed by atoms with E-state index < -0.39 is 5.69 Å². The molecule has 2 aliphatic heterocycles. The van der Waals surface area contributed by atoms with Gasteiger partial charge in [0.2, 0.25) is 0 Å². The van der Waals surface area contributed by atoms with E-state index in [9.17, 15) is 9.59 Å². The largest absolute Gasteiger partial charge is 0.352 e. The van der Waals surface area contributed by atoms with Crippen molar-refractivity contribution in [2.45, 2.75) is 117 Å². The molecule has 186 valence electrons. The smallest absolute Gasteiger partial charge is 0.322 e. The van der Waals surface area contributed by atoms with Crippen molar-refractivity contribution in [3.05, 3.63) is 45.1 Å². The van der Waals surface area contributed by atoms with Crippen LogP contribution >= 0.6 is 0 Å². The molecule has 6 nitrogen and oxygen atoms in total. The van der Waals surface area contributed by atoms with Crippen LogP contribution in [0.25, 0.3) is 22.6 Å². The molecule has 0 radical (unpaired) electrons. The van der Waals surface area contributed by atoms with Gasteiger partial charge in [0, 0.05) is 13.1 Å². The molecule has 0 atom stereocenters. The third-order valence-electron chi connectivity index (χ3n) is 6.72. The highest BCUT2D eigenvalue weighted by atomic mass is 16.2. The van der Waals surface area contributed by atoms with Gasteiger partial charge in [0.05, 0.1) is 11.0 Å². The van der Waals surface area contributed by atoms with Gasteiger partial charge in [-0.2, -0.15) is 4.98 Å². The van der Waals surface area contributed by atoms with Gasteiger partial charge in [-0.3, -0.25) is 9.36 Å². The van der Waals surface area contributed by atoms with E-state index in [2.05, 4.69) is 23.8 Å². The van der Waals surface area contributed by atoms with Gasteiger partial charge in [0.15, 0.2) is 11.5 Å². The Morgan fingerprint density at radius 1 is 0.647 bits per heavy atom. The van der Waals surface area contributed by atoms with Crippen LogP contribution in [0.2, 0.25) is 0 Å². The van der Waals surface area contributed by atoms with Gasteiger partial charge < -0.3 is 4.57 Å². The van der Waals surface area contributed by atoms with E-state index in [1.807, 2.05) is 28.8 Å². The normalized spacial score (nSPS) is 11.6. The topological polar surface area (TPSA) is 69.8 Å². The Balaban J connectivity index is 1.69. The highest BCUT2D eigenvalue weighted by molar-refractivity contribution is 5.79. The maximum atomic E-state index is 13.3. The van der Waals surface area contributed by atoms with E-state index in [4.69, 9.17) is 0 Å². The molecule has 3 rings (SSSR count). The molecule has 0 fully saturated rings. The second-order valence-corrected chi connectivity index (χ2v) is 9.52. The molecule has 0 spiro atoms. The lowest BCUT2D eigenvalue weighted by Gasteiger charge is -2.18. The third-order valence-corrected chi connectivity index (χ3v) is 6.72. The molecular formula is C28H42N4O2. The summed E-state index contributed by atoms with van der Waals surface area (Å²) < 4.78 is 3.30. The second kappa shape index (κ2) is 14.0. The van der Waals surface area contributed by atoms with Crippen molar-refractivity contribution in [3.8, 4) is 11.5 Å². The first-order valence-electron chi connectivity index (χ1n) is 13.6. The molecule has 0 aliphatic carbocycles. The Labute approximate surface area is 203 Å². The van der Waals surface area contributed by atoms with E-state index in [-0.39, 0.29) is 5.56 Å². The quantitative estimate of drug-likeness (QED) is 0.177. The molecular weight excluding hydrogens is 424 g/mol. The minimum atomic E-state index is -0.451. The number of unbranched alkanes of at least 4 members (excludes halogenated alkanes) is 12. The first-order chi connectivity index (χ1) is 16.7. The minimum absolute atomic E-state index is 0.306. The standard InChI is InChI=1S/C28H42N4O2/c1-3-5-7-9-10-11-12-13-14-18-22-32-27(33)25-26(30-28(32)34)31(21-17-8-6-4-2)24-20-16-15-19-23(24)29-25/h15-16,19-20H,3-14,17-18,21-22H2,1-2H3. The van der Waals surface area contributed by atoms with Gasteiger partial charge in [-0.25, -0.2) is 9.78 Å². The van der Waals surface area contributed by atoms with Crippen LogP contribution in [0.3, 0.4) is 0 Å². The van der Waals surface area contributed by atoms with E-state index in [1.54, 1.807) is 0 Å². The zero-order valence-electron chi connectivity index (χ0n) is 21.2. The van der Waals surface area contributed by atoms with Crippen molar-refractivity contribution >= 4 is 11.0 Å². The predicted molar refractivity (Wildman–Crippen MR) is 141 cm³/mol. The van der Waals surface area contributed by atoms with Crippen LogP contribution in [0.15, 0.2) is 33.9 Å². The number of rotatable bonds is 16. The number of hydrogen-bond donors (Lipinski definition) is 0. The van der Waals surface area contributed by atoms with Gasteiger partial charge in [-0.1, -0.05) is 103 Å². The van der Waals surface area contributed by atoms with E-state index in [1.165, 1.54) is 55.9 Å². The van der Waals surface area contributed by atoms with Gasteiger partial charge in [0.25, 0.3) is 5.56 Å². The van der Waals surface area contributed by atoms with Crippen LogP contribution in [-0.2, 0) is 13.1 Å². The molecule has 1 aromatic carbocycles. The lowest BCUT2D eigenvalue weighted by atomic mass is 10.1. The molecule has 2 aliphatic rings. The fourth-order valence-corrected chi connectivity index (χ4v) is 4.70. The number of aryl methyl sites for hydroxylation is 1. The highest BCUT2D eigenvalue weighted by Crippen LogP contribution is 2.21. The van der Waals surface area contributed by atoms with Crippen LogP contribution in [0, 0.1) is 0 Å². The Hall–Kier alpha value is -2.50. The molecule has 1 aromatic rings. The molecule has 0 bridgehead atoms. The first kappa shape index (κ1) is 26.1. The highest BCUT2D eigenvalue weighted by Gasteiger charge is 2.21. The summed E-state index contributed by atoms with van der Waals surface area (Å²) in [6.07, 6.45) is 16.6. The number of hydrogen-bond acceptors (Lipinski definition) is 4. The number of aromatic nitrogens is 4. The summed E-state index contributed by atoms with van der Waals surface area (Å²) in [5, 5.41) is 0. The molecule has 0 saturated carbocycles. The van der Waals surface area contributed by atoms with Crippen LogP contribution < -0.4 is 11.2 Å². The van der Waals surface area contributed by atoms with Crippen LogP contribution in [0.4, 0.5) is 0 Å². The van der Waals surface area contributed by atoms with Crippen LogP contribution in [0.5, 0.6) is 0 Å². The Morgan fingerprint density at radius 3 is 1.82 bits per heavy atom. The van der Waals surface area contributed by atoms with Crippen LogP contribution in [0.1, 0.15) is 104 Å². The van der Waals surface area contributed by atoms with E-state index in [0.717, 1.165) is 56.1 Å². The monoisotopic (exact) mass is 466 g/mol. The Morgan fingerprint density at radius 2 is 1.18 bits per heavy atom. The van der Waals surface area contributed by atoms with Crippen molar-refractivity contribution in [2.24, 2.45) is 0 Å². The molecule has 0 N–H and O–H groups in total. The summed E-state index contributed by atoms with van der Waals surface area (Å²) in [5.74, 6) is 0.421. The average molecular weight is 467 g/mol. The fraction of sp³-hybridized carbons (Fsp3) is 0.643. The summed E-state index contributed by atoms with van der Waals surface area (Å²) in [6, 6.07) is 7.81. The van der Waals surface area contributed by atoms with Gasteiger partial charge >= 0.3 is 5.69 Å². The lowest BCUT2D eigenvalue weighted by molar-refractivity contribution is 0.518. The van der Waals surface area contributed by atoms with Crippen molar-refractivity contribution in [3.63, 3.8) is 0 Å². The van der Waals surface area contributed by atoms with Gasteiger partial charge in [-0.05, 0) is 25.0 Å². The average Bonchev–Trinajstić information content (AvgIpc) is 2.84. The number of fused-ring (bicyclic) bond motifs is 2. The molecule has 6 heteroatoms. The molecule has 0 aromatic heterocycles. The maximum Gasteiger partial charge on any atom is 0.352 e. The van der Waals surface area contributed by atoms with E-state index in [0.29, 0.717) is 18.1 Å². The summed E-state index contributed by atoms with van der Waals surface area (Å²) in [5.41, 5.74) is 1.24. The fourth-order valence-electron chi connectivity index (χ4n) is 4.70. The number of benzene rings is 1. The number of nitrogens with zero attached hydrogens (tertiary/aromatic N) is 4. The molecule has 0 saturated heterocycles. The summed E-state index contributed by atoms with van der Waals surface area (Å²) in [4.78, 5) is 35.1. The zero-order valence-corrected chi connectivity index (χ0v) is 21.2. The molecule has 0 amide bonds. The van der Waals surface area contributed by atoms with Gasteiger partial charge in [0.1, 0.15) is 0 Å². The summed E-state index contributed by atoms with van der Waals surface area (Å²) in [7, 11) is 0. The Bertz CT molecular complexity index is 1100. The third kappa shape index (κ3) is 7.00.